The van der Waals surface area contributed by atoms with E-state index in [2.05, 4.69) is 10.1 Å². The summed E-state index contributed by atoms with van der Waals surface area (Å²) in [4.78, 5) is 11.3. The summed E-state index contributed by atoms with van der Waals surface area (Å²) in [5.74, 6) is -0.363. The molecule has 0 saturated carbocycles. The third-order valence-electron chi connectivity index (χ3n) is 3.74. The molecule has 0 aliphatic heterocycles. The molecule has 0 spiro atoms. The van der Waals surface area contributed by atoms with E-state index in [4.69, 9.17) is 16.3 Å². The van der Waals surface area contributed by atoms with Gasteiger partial charge in [-0.2, -0.15) is 0 Å². The van der Waals surface area contributed by atoms with Crippen molar-refractivity contribution in [2.24, 2.45) is 0 Å². The van der Waals surface area contributed by atoms with Crippen molar-refractivity contribution in [2.45, 2.75) is 32.4 Å². The van der Waals surface area contributed by atoms with Gasteiger partial charge >= 0.3 is 5.97 Å². The van der Waals surface area contributed by atoms with Crippen LogP contribution in [0.15, 0.2) is 42.5 Å². The first kappa shape index (κ1) is 19.2. The van der Waals surface area contributed by atoms with Gasteiger partial charge in [0.15, 0.2) is 11.6 Å². The van der Waals surface area contributed by atoms with Gasteiger partial charge in [0.1, 0.15) is 5.75 Å². The highest BCUT2D eigenvalue weighted by Crippen LogP contribution is 2.35. The topological polar surface area (TPSA) is 47.6 Å². The smallest absolute Gasteiger partial charge is 0.307 e. The van der Waals surface area contributed by atoms with Crippen molar-refractivity contribution in [3.05, 3.63) is 58.9 Å². The number of hydrogen-bond donors (Lipinski definition) is 1. The number of benzene rings is 2. The Morgan fingerprint density at radius 1 is 1.20 bits per heavy atom. The fourth-order valence-electron chi connectivity index (χ4n) is 2.49. The molecule has 0 aliphatic rings. The van der Waals surface area contributed by atoms with Gasteiger partial charge in [-0.05, 0) is 32.0 Å². The van der Waals surface area contributed by atoms with E-state index >= 15 is 0 Å². The molecule has 0 aromatic heterocycles. The Bertz CT molecular complexity index is 724. The molecule has 0 aliphatic carbocycles. The first-order valence-corrected chi connectivity index (χ1v) is 8.33. The maximum atomic E-state index is 14.9. The zero-order chi connectivity index (χ0) is 18.4. The highest BCUT2D eigenvalue weighted by Gasteiger charge is 2.20. The van der Waals surface area contributed by atoms with Crippen LogP contribution in [0.3, 0.4) is 0 Å². The van der Waals surface area contributed by atoms with Gasteiger partial charge in [0.05, 0.1) is 18.6 Å². The minimum absolute atomic E-state index is 0.0142. The number of carbonyl (C=O) groups excluding carboxylic acids is 1. The minimum atomic E-state index is -0.526. The summed E-state index contributed by atoms with van der Waals surface area (Å²) in [6, 6.07) is 11.6. The summed E-state index contributed by atoms with van der Waals surface area (Å²) < 4.78 is 25.2. The molecule has 0 bridgehead atoms. The van der Waals surface area contributed by atoms with Crippen molar-refractivity contribution in [3.8, 4) is 11.5 Å². The molecule has 0 amide bonds. The van der Waals surface area contributed by atoms with Crippen LogP contribution in [0.2, 0.25) is 5.02 Å². The molecule has 134 valence electrons. The predicted molar refractivity (Wildman–Crippen MR) is 95.6 cm³/mol. The molecular weight excluding hydrogens is 345 g/mol. The Kier molecular flexibility index (Phi) is 6.79. The number of carbonyl (C=O) groups is 1. The zero-order valence-corrected chi connectivity index (χ0v) is 15.1. The predicted octanol–water partition coefficient (Wildman–Crippen LogP) is 4.87. The van der Waals surface area contributed by atoms with Gasteiger partial charge < -0.3 is 14.8 Å². The number of esters is 1. The van der Waals surface area contributed by atoms with E-state index < -0.39 is 5.82 Å². The average Bonchev–Trinajstić information content (AvgIpc) is 2.59. The summed E-state index contributed by atoms with van der Waals surface area (Å²) in [6.45, 7) is 3.65. The van der Waals surface area contributed by atoms with Gasteiger partial charge in [-0.15, -0.1) is 0 Å². The van der Waals surface area contributed by atoms with Crippen molar-refractivity contribution in [2.75, 3.05) is 7.11 Å². The lowest BCUT2D eigenvalue weighted by Crippen LogP contribution is -2.31. The van der Waals surface area contributed by atoms with E-state index in [1.54, 1.807) is 36.4 Å². The summed E-state index contributed by atoms with van der Waals surface area (Å²) in [7, 11) is 1.34. The molecular formula is C19H21ClFNO3. The van der Waals surface area contributed by atoms with Crippen molar-refractivity contribution >= 4 is 17.6 Å². The second kappa shape index (κ2) is 8.83. The Hall–Kier alpha value is -2.11. The number of nitrogens with one attached hydrogen (secondary N) is 1. The first-order chi connectivity index (χ1) is 11.9. The second-order valence-corrected chi connectivity index (χ2v) is 6.17. The zero-order valence-electron chi connectivity index (χ0n) is 14.4. The van der Waals surface area contributed by atoms with Gasteiger partial charge in [0.2, 0.25) is 0 Å². The lowest BCUT2D eigenvalue weighted by molar-refractivity contribution is -0.141. The standard InChI is InChI=1S/C19H21ClFNO3/c1-12(11-17(23)24-3)22-13(2)15-9-10-16(20)19(18(15)21)25-14-7-5-4-6-8-14/h4-10,12-13,22H,11H2,1-3H3/t12-,13-/m1/s1. The van der Waals surface area contributed by atoms with Gasteiger partial charge in [0.25, 0.3) is 0 Å². The van der Waals surface area contributed by atoms with Crippen LogP contribution in [-0.4, -0.2) is 19.1 Å². The fourth-order valence-corrected chi connectivity index (χ4v) is 2.68. The summed E-state index contributed by atoms with van der Waals surface area (Å²) >= 11 is 6.10. The van der Waals surface area contributed by atoms with Crippen molar-refractivity contribution in [1.29, 1.82) is 0 Å². The van der Waals surface area contributed by atoms with Gasteiger partial charge in [-0.25, -0.2) is 4.39 Å². The number of halogens is 2. The monoisotopic (exact) mass is 365 g/mol. The molecule has 4 nitrogen and oxygen atoms in total. The maximum Gasteiger partial charge on any atom is 0.307 e. The number of ether oxygens (including phenoxy) is 2. The summed E-state index contributed by atoms with van der Waals surface area (Å²) in [5, 5.41) is 3.37. The second-order valence-electron chi connectivity index (χ2n) is 5.76. The molecule has 0 heterocycles. The first-order valence-electron chi connectivity index (χ1n) is 7.96. The van der Waals surface area contributed by atoms with Gasteiger partial charge in [0, 0.05) is 17.6 Å². The quantitative estimate of drug-likeness (QED) is 0.711. The highest BCUT2D eigenvalue weighted by atomic mass is 35.5. The van der Waals surface area contributed by atoms with Crippen LogP contribution >= 0.6 is 11.6 Å². The van der Waals surface area contributed by atoms with E-state index in [0.29, 0.717) is 11.3 Å². The van der Waals surface area contributed by atoms with E-state index in [1.807, 2.05) is 19.9 Å². The molecule has 0 unspecified atom stereocenters. The molecule has 0 fully saturated rings. The van der Waals surface area contributed by atoms with Crippen molar-refractivity contribution < 1.29 is 18.7 Å². The molecule has 0 saturated heterocycles. The van der Waals surface area contributed by atoms with Gasteiger partial charge in [-0.1, -0.05) is 35.9 Å². The molecule has 25 heavy (non-hydrogen) atoms. The molecule has 2 aromatic carbocycles. The van der Waals surface area contributed by atoms with Crippen LogP contribution in [-0.2, 0) is 9.53 Å². The Morgan fingerprint density at radius 2 is 1.88 bits per heavy atom. The van der Waals surface area contributed by atoms with E-state index in [-0.39, 0.29) is 35.2 Å². The van der Waals surface area contributed by atoms with Gasteiger partial charge in [-0.3, -0.25) is 4.79 Å². The van der Waals surface area contributed by atoms with Crippen LogP contribution < -0.4 is 10.1 Å². The molecule has 2 rings (SSSR count). The van der Waals surface area contributed by atoms with E-state index in [1.165, 1.54) is 7.11 Å². The third kappa shape index (κ3) is 5.18. The SMILES string of the molecule is COC(=O)C[C@@H](C)N[C@H](C)c1ccc(Cl)c(Oc2ccccc2)c1F. The maximum absolute atomic E-state index is 14.9. The third-order valence-corrected chi connectivity index (χ3v) is 4.04. The fraction of sp³-hybridized carbons (Fsp3) is 0.316. The molecule has 0 radical (unpaired) electrons. The summed E-state index contributed by atoms with van der Waals surface area (Å²) in [5.41, 5.74) is 0.409. The number of hydrogen-bond acceptors (Lipinski definition) is 4. The average molecular weight is 366 g/mol. The number of methoxy groups -OCH3 is 1. The van der Waals surface area contributed by atoms with E-state index in [0.717, 1.165) is 0 Å². The summed E-state index contributed by atoms with van der Waals surface area (Å²) in [6.07, 6.45) is 0.198. The Balaban J connectivity index is 2.18. The van der Waals surface area contributed by atoms with Crippen molar-refractivity contribution in [3.63, 3.8) is 0 Å². The van der Waals surface area contributed by atoms with Crippen LogP contribution in [0, 0.1) is 5.82 Å². The Labute approximate surface area is 151 Å². The lowest BCUT2D eigenvalue weighted by Gasteiger charge is -2.21. The number of rotatable bonds is 7. The van der Waals surface area contributed by atoms with Crippen LogP contribution in [0.5, 0.6) is 11.5 Å². The molecule has 6 heteroatoms. The van der Waals surface area contributed by atoms with Crippen LogP contribution in [0.1, 0.15) is 31.9 Å². The normalized spacial score (nSPS) is 13.2. The van der Waals surface area contributed by atoms with Crippen LogP contribution in [0.25, 0.3) is 0 Å². The highest BCUT2D eigenvalue weighted by molar-refractivity contribution is 6.32. The largest absolute Gasteiger partial charge is 0.469 e. The van der Waals surface area contributed by atoms with E-state index in [9.17, 15) is 9.18 Å². The molecule has 2 aromatic rings. The number of para-hydroxylation sites is 1. The molecule has 2 atom stereocenters. The van der Waals surface area contributed by atoms with Crippen molar-refractivity contribution in [1.82, 2.24) is 5.32 Å². The Morgan fingerprint density at radius 3 is 2.52 bits per heavy atom. The minimum Gasteiger partial charge on any atom is -0.469 e. The van der Waals surface area contributed by atoms with Crippen LogP contribution in [0.4, 0.5) is 4.39 Å². The lowest BCUT2D eigenvalue weighted by atomic mass is 10.1. The molecule has 1 N–H and O–H groups in total.